The van der Waals surface area contributed by atoms with Crippen LogP contribution in [0, 0.1) is 6.92 Å². The van der Waals surface area contributed by atoms with Gasteiger partial charge in [0, 0.05) is 38.4 Å². The Morgan fingerprint density at radius 1 is 1.30 bits per heavy atom. The number of nitrogens with one attached hydrogen (secondary N) is 1. The third kappa shape index (κ3) is 4.89. The molecule has 1 aliphatic heterocycles. The van der Waals surface area contributed by atoms with E-state index in [-0.39, 0.29) is 17.5 Å². The second-order valence-electron chi connectivity index (χ2n) is 6.16. The maximum absolute atomic E-state index is 12.7. The van der Waals surface area contributed by atoms with E-state index < -0.39 is 11.7 Å². The lowest BCUT2D eigenvalue weighted by Crippen LogP contribution is -2.49. The van der Waals surface area contributed by atoms with Gasteiger partial charge in [-0.25, -0.2) is 4.98 Å². The summed E-state index contributed by atoms with van der Waals surface area (Å²) in [6.45, 7) is 3.98. The molecule has 0 aromatic carbocycles. The molecule has 0 aliphatic carbocycles. The quantitative estimate of drug-likeness (QED) is 0.846. The Balaban J connectivity index is 1.53. The predicted molar refractivity (Wildman–Crippen MR) is 92.8 cm³/mol. The molecule has 0 saturated carbocycles. The van der Waals surface area contributed by atoms with E-state index in [2.05, 4.69) is 15.5 Å². The molecule has 7 nitrogen and oxygen atoms in total. The van der Waals surface area contributed by atoms with Gasteiger partial charge in [-0.1, -0.05) is 16.8 Å². The van der Waals surface area contributed by atoms with Gasteiger partial charge in [0.15, 0.2) is 5.82 Å². The highest BCUT2D eigenvalue weighted by Crippen LogP contribution is 2.33. The molecule has 146 valence electrons. The van der Waals surface area contributed by atoms with Crippen molar-refractivity contribution in [3.8, 4) is 0 Å². The molecule has 0 spiro atoms. The Bertz CT molecular complexity index is 819. The summed E-state index contributed by atoms with van der Waals surface area (Å²) in [7, 11) is 0. The number of carbonyl (C=O) groups excluding carboxylic acids is 1. The van der Waals surface area contributed by atoms with Crippen LogP contribution in [0.4, 0.5) is 24.8 Å². The first-order valence-electron chi connectivity index (χ1n) is 8.15. The smallest absolute Gasteiger partial charge is 0.360 e. The number of rotatable bonds is 4. The second-order valence-corrected chi connectivity index (χ2v) is 6.57. The number of carbonyl (C=O) groups is 1. The number of amides is 1. The molecule has 1 aliphatic rings. The van der Waals surface area contributed by atoms with Crippen molar-refractivity contribution in [1.29, 1.82) is 0 Å². The van der Waals surface area contributed by atoms with E-state index in [0.717, 1.165) is 12.3 Å². The molecule has 1 N–H and O–H groups in total. The monoisotopic (exact) mass is 403 g/mol. The zero-order valence-electron chi connectivity index (χ0n) is 14.4. The Labute approximate surface area is 158 Å². The lowest BCUT2D eigenvalue weighted by molar-refractivity contribution is -0.137. The van der Waals surface area contributed by atoms with E-state index in [4.69, 9.17) is 16.1 Å². The van der Waals surface area contributed by atoms with Crippen LogP contribution < -0.4 is 10.2 Å². The highest BCUT2D eigenvalue weighted by Gasteiger charge is 2.32. The molecule has 1 saturated heterocycles. The molecule has 3 rings (SSSR count). The molecule has 0 bridgehead atoms. The van der Waals surface area contributed by atoms with Crippen molar-refractivity contribution in [3.63, 3.8) is 0 Å². The lowest BCUT2D eigenvalue weighted by Gasteiger charge is -2.35. The van der Waals surface area contributed by atoms with E-state index >= 15 is 0 Å². The van der Waals surface area contributed by atoms with E-state index in [9.17, 15) is 18.0 Å². The largest absolute Gasteiger partial charge is 0.417 e. The molecule has 0 unspecified atom stereocenters. The number of pyridine rings is 1. The SMILES string of the molecule is Cc1cc(NC(=O)CN2CCN(c3ncc(C(F)(F)F)cc3Cl)CC2)no1. The topological polar surface area (TPSA) is 74.5 Å². The number of halogens is 4. The van der Waals surface area contributed by atoms with Crippen molar-refractivity contribution in [1.82, 2.24) is 15.0 Å². The number of alkyl halides is 3. The van der Waals surface area contributed by atoms with E-state index in [1.165, 1.54) is 0 Å². The first-order chi connectivity index (χ1) is 12.7. The third-order valence-corrected chi connectivity index (χ3v) is 4.36. The predicted octanol–water partition coefficient (Wildman–Crippen LogP) is 2.81. The van der Waals surface area contributed by atoms with Gasteiger partial charge in [-0.15, -0.1) is 0 Å². The summed E-state index contributed by atoms with van der Waals surface area (Å²) in [6.07, 6.45) is -3.70. The summed E-state index contributed by atoms with van der Waals surface area (Å²) in [5.74, 6) is 1.05. The van der Waals surface area contributed by atoms with Gasteiger partial charge in [-0.05, 0) is 13.0 Å². The first-order valence-corrected chi connectivity index (χ1v) is 8.53. The van der Waals surface area contributed by atoms with Crippen LogP contribution in [0.3, 0.4) is 0 Å². The number of anilines is 2. The Morgan fingerprint density at radius 3 is 2.56 bits per heavy atom. The van der Waals surface area contributed by atoms with Crippen molar-refractivity contribution in [3.05, 3.63) is 34.7 Å². The summed E-state index contributed by atoms with van der Waals surface area (Å²) in [5, 5.41) is 6.30. The zero-order chi connectivity index (χ0) is 19.6. The molecule has 0 atom stereocenters. The molecule has 27 heavy (non-hydrogen) atoms. The van der Waals surface area contributed by atoms with E-state index in [1.54, 1.807) is 17.9 Å². The average Bonchev–Trinajstić information content (AvgIpc) is 2.99. The molecule has 2 aromatic rings. The summed E-state index contributed by atoms with van der Waals surface area (Å²) in [6, 6.07) is 2.50. The van der Waals surface area contributed by atoms with Crippen LogP contribution in [0.1, 0.15) is 11.3 Å². The number of aromatic nitrogens is 2. The van der Waals surface area contributed by atoms with Crippen molar-refractivity contribution in [2.75, 3.05) is 42.9 Å². The third-order valence-electron chi connectivity index (χ3n) is 4.08. The molecular weight excluding hydrogens is 387 g/mol. The number of hydrogen-bond donors (Lipinski definition) is 1. The molecule has 1 amide bonds. The van der Waals surface area contributed by atoms with Crippen LogP contribution in [0.25, 0.3) is 0 Å². The summed E-state index contributed by atoms with van der Waals surface area (Å²) >= 11 is 5.98. The molecule has 2 aromatic heterocycles. The standard InChI is InChI=1S/C16H17ClF3N5O2/c1-10-6-13(23-27-10)22-14(26)9-24-2-4-25(5-3-24)15-12(17)7-11(8-21-15)16(18,19)20/h6-8H,2-5,9H2,1H3,(H,22,23,26). The van der Waals surface area contributed by atoms with Gasteiger partial charge < -0.3 is 14.7 Å². The maximum Gasteiger partial charge on any atom is 0.417 e. The van der Waals surface area contributed by atoms with Gasteiger partial charge in [0.05, 0.1) is 17.1 Å². The van der Waals surface area contributed by atoms with Gasteiger partial charge in [-0.3, -0.25) is 9.69 Å². The van der Waals surface area contributed by atoms with Crippen LogP contribution in [-0.2, 0) is 11.0 Å². The highest BCUT2D eigenvalue weighted by atomic mass is 35.5. The number of hydrogen-bond acceptors (Lipinski definition) is 6. The first kappa shape index (κ1) is 19.4. The second kappa shape index (κ2) is 7.73. The molecule has 0 radical (unpaired) electrons. The van der Waals surface area contributed by atoms with Crippen LogP contribution in [0.15, 0.2) is 22.9 Å². The fourth-order valence-corrected chi connectivity index (χ4v) is 3.03. The number of aryl methyl sites for hydroxylation is 1. The van der Waals surface area contributed by atoms with Crippen LogP contribution in [0.2, 0.25) is 5.02 Å². The molecule has 3 heterocycles. The molecule has 11 heteroatoms. The van der Waals surface area contributed by atoms with E-state index in [1.807, 2.05) is 4.90 Å². The van der Waals surface area contributed by atoms with Crippen LogP contribution >= 0.6 is 11.6 Å². The summed E-state index contributed by atoms with van der Waals surface area (Å²) in [4.78, 5) is 19.6. The van der Waals surface area contributed by atoms with Crippen LogP contribution in [0.5, 0.6) is 0 Å². The van der Waals surface area contributed by atoms with Crippen molar-refractivity contribution in [2.24, 2.45) is 0 Å². The lowest BCUT2D eigenvalue weighted by atomic mass is 10.2. The van der Waals surface area contributed by atoms with Crippen molar-refractivity contribution in [2.45, 2.75) is 13.1 Å². The van der Waals surface area contributed by atoms with Gasteiger partial charge >= 0.3 is 6.18 Å². The Kier molecular flexibility index (Phi) is 5.56. The maximum atomic E-state index is 12.7. The Morgan fingerprint density at radius 2 is 2.00 bits per heavy atom. The fourth-order valence-electron chi connectivity index (χ4n) is 2.75. The summed E-state index contributed by atoms with van der Waals surface area (Å²) in [5.41, 5.74) is -0.880. The van der Waals surface area contributed by atoms with Gasteiger partial charge in [0.2, 0.25) is 5.91 Å². The Hall–Kier alpha value is -2.33. The minimum atomic E-state index is -4.48. The fraction of sp³-hybridized carbons (Fsp3) is 0.438. The van der Waals surface area contributed by atoms with Crippen LogP contribution in [-0.4, -0.2) is 53.7 Å². The minimum absolute atomic E-state index is 0.0441. The number of nitrogens with zero attached hydrogens (tertiary/aromatic N) is 4. The van der Waals surface area contributed by atoms with E-state index in [0.29, 0.717) is 43.6 Å². The minimum Gasteiger partial charge on any atom is -0.360 e. The zero-order valence-corrected chi connectivity index (χ0v) is 15.1. The normalized spacial score (nSPS) is 15.8. The number of piperazine rings is 1. The van der Waals surface area contributed by atoms with Crippen molar-refractivity contribution >= 4 is 29.1 Å². The van der Waals surface area contributed by atoms with Gasteiger partial charge in [0.25, 0.3) is 0 Å². The van der Waals surface area contributed by atoms with Gasteiger partial charge in [0.1, 0.15) is 11.6 Å². The summed E-state index contributed by atoms with van der Waals surface area (Å²) < 4.78 is 43.0. The van der Waals surface area contributed by atoms with Crippen molar-refractivity contribution < 1.29 is 22.5 Å². The average molecular weight is 404 g/mol. The molecule has 1 fully saturated rings. The van der Waals surface area contributed by atoms with Gasteiger partial charge in [-0.2, -0.15) is 13.2 Å². The molecular formula is C16H17ClF3N5O2. The highest BCUT2D eigenvalue weighted by molar-refractivity contribution is 6.33.